The molecule has 0 aliphatic carbocycles. The highest BCUT2D eigenvalue weighted by atomic mass is 79.9. The van der Waals surface area contributed by atoms with E-state index in [-0.39, 0.29) is 5.97 Å². The second-order valence-corrected chi connectivity index (χ2v) is 6.74. The van der Waals surface area contributed by atoms with Gasteiger partial charge in [0.15, 0.2) is 0 Å². The van der Waals surface area contributed by atoms with E-state index in [9.17, 15) is 4.79 Å². The van der Waals surface area contributed by atoms with E-state index in [0.29, 0.717) is 17.1 Å². The van der Waals surface area contributed by atoms with Crippen LogP contribution in [0.3, 0.4) is 0 Å². The number of rotatable bonds is 4. The van der Waals surface area contributed by atoms with Crippen molar-refractivity contribution in [2.75, 3.05) is 7.11 Å². The molecule has 0 radical (unpaired) electrons. The molecule has 0 N–H and O–H groups in total. The molecule has 3 rings (SSSR count). The number of hydrogen-bond acceptors (Lipinski definition) is 2. The van der Waals surface area contributed by atoms with Gasteiger partial charge in [-0.3, -0.25) is 0 Å². The van der Waals surface area contributed by atoms with Gasteiger partial charge in [0.1, 0.15) is 0 Å². The zero-order valence-electron chi connectivity index (χ0n) is 13.0. The smallest absolute Gasteiger partial charge is 0.340 e. The molecule has 0 atom stereocenters. The van der Waals surface area contributed by atoms with Gasteiger partial charge in [0.05, 0.1) is 12.7 Å². The molecule has 3 aromatic rings. The average Bonchev–Trinajstić information content (AvgIpc) is 3.00. The molecule has 0 fully saturated rings. The Morgan fingerprint density at radius 1 is 1.17 bits per heavy atom. The van der Waals surface area contributed by atoms with Gasteiger partial charge >= 0.3 is 5.97 Å². The maximum Gasteiger partial charge on any atom is 0.340 e. The fourth-order valence-electron chi connectivity index (χ4n) is 2.56. The number of aromatic nitrogens is 1. The lowest BCUT2D eigenvalue weighted by Crippen LogP contribution is -2.02. The highest BCUT2D eigenvalue weighted by Crippen LogP contribution is 2.28. The van der Waals surface area contributed by atoms with Gasteiger partial charge in [0.2, 0.25) is 0 Å². The van der Waals surface area contributed by atoms with Crippen molar-refractivity contribution in [1.29, 1.82) is 0 Å². The SMILES string of the molecule is COC(=O)c1cn(Cc2ccc(Cl)cc2)cc1-c1cccc(Br)c1. The first-order valence-electron chi connectivity index (χ1n) is 7.35. The maximum atomic E-state index is 12.1. The Morgan fingerprint density at radius 3 is 2.58 bits per heavy atom. The molecule has 5 heteroatoms. The second-order valence-electron chi connectivity index (χ2n) is 5.39. The van der Waals surface area contributed by atoms with E-state index in [1.807, 2.05) is 65.5 Å². The lowest BCUT2D eigenvalue weighted by Gasteiger charge is -2.03. The number of hydrogen-bond donors (Lipinski definition) is 0. The summed E-state index contributed by atoms with van der Waals surface area (Å²) in [6.07, 6.45) is 3.78. The zero-order valence-corrected chi connectivity index (χ0v) is 15.3. The third-order valence-corrected chi connectivity index (χ3v) is 4.44. The Kier molecular flexibility index (Phi) is 5.07. The molecular weight excluding hydrogens is 390 g/mol. The minimum atomic E-state index is -0.347. The van der Waals surface area contributed by atoms with Gasteiger partial charge in [-0.25, -0.2) is 4.79 Å². The number of benzene rings is 2. The van der Waals surface area contributed by atoms with Gasteiger partial charge in [-0.15, -0.1) is 0 Å². The van der Waals surface area contributed by atoms with Crippen molar-refractivity contribution in [3.05, 3.63) is 81.5 Å². The lowest BCUT2D eigenvalue weighted by molar-refractivity contribution is 0.0601. The molecule has 3 nitrogen and oxygen atoms in total. The van der Waals surface area contributed by atoms with Crippen molar-refractivity contribution in [2.45, 2.75) is 6.54 Å². The first kappa shape index (κ1) is 16.8. The fourth-order valence-corrected chi connectivity index (χ4v) is 3.08. The summed E-state index contributed by atoms with van der Waals surface area (Å²) in [4.78, 5) is 12.1. The van der Waals surface area contributed by atoms with Gasteiger partial charge in [-0.05, 0) is 35.4 Å². The zero-order chi connectivity index (χ0) is 17.1. The van der Waals surface area contributed by atoms with E-state index in [2.05, 4.69) is 15.9 Å². The van der Waals surface area contributed by atoms with Crippen molar-refractivity contribution < 1.29 is 9.53 Å². The maximum absolute atomic E-state index is 12.1. The summed E-state index contributed by atoms with van der Waals surface area (Å²) in [6.45, 7) is 0.648. The van der Waals surface area contributed by atoms with Crippen LogP contribution in [-0.4, -0.2) is 17.6 Å². The number of halogens is 2. The van der Waals surface area contributed by atoms with E-state index in [4.69, 9.17) is 16.3 Å². The Labute approximate surface area is 154 Å². The molecule has 2 aromatic carbocycles. The van der Waals surface area contributed by atoms with Crippen LogP contribution in [0.15, 0.2) is 65.4 Å². The van der Waals surface area contributed by atoms with Gasteiger partial charge in [-0.2, -0.15) is 0 Å². The largest absolute Gasteiger partial charge is 0.465 e. The van der Waals surface area contributed by atoms with Gasteiger partial charge in [0.25, 0.3) is 0 Å². The quantitative estimate of drug-likeness (QED) is 0.545. The lowest BCUT2D eigenvalue weighted by atomic mass is 10.1. The Balaban J connectivity index is 2.00. The average molecular weight is 405 g/mol. The van der Waals surface area contributed by atoms with E-state index < -0.39 is 0 Å². The summed E-state index contributed by atoms with van der Waals surface area (Å²) in [6, 6.07) is 15.5. The Bertz CT molecular complexity index is 871. The first-order chi connectivity index (χ1) is 11.6. The summed E-state index contributed by atoms with van der Waals surface area (Å²) in [7, 11) is 1.39. The van der Waals surface area contributed by atoms with Gasteiger partial charge in [0, 0.05) is 34.0 Å². The van der Waals surface area contributed by atoms with E-state index in [1.165, 1.54) is 7.11 Å². The third-order valence-electron chi connectivity index (χ3n) is 3.70. The predicted octanol–water partition coefficient (Wildman–Crippen LogP) is 5.41. The standard InChI is InChI=1S/C19H15BrClNO2/c1-24-19(23)18-12-22(10-13-5-7-16(21)8-6-13)11-17(18)14-3-2-4-15(20)9-14/h2-9,11-12H,10H2,1H3. The molecule has 0 aliphatic rings. The molecule has 0 unspecified atom stereocenters. The van der Waals surface area contributed by atoms with Crippen molar-refractivity contribution in [2.24, 2.45) is 0 Å². The minimum Gasteiger partial charge on any atom is -0.465 e. The number of carbonyl (C=O) groups is 1. The van der Waals surface area contributed by atoms with Crippen LogP contribution in [0.2, 0.25) is 5.02 Å². The van der Waals surface area contributed by atoms with Crippen LogP contribution in [0.4, 0.5) is 0 Å². The first-order valence-corrected chi connectivity index (χ1v) is 8.52. The van der Waals surface area contributed by atoms with Crippen LogP contribution in [0.1, 0.15) is 15.9 Å². The van der Waals surface area contributed by atoms with Crippen LogP contribution in [0.5, 0.6) is 0 Å². The topological polar surface area (TPSA) is 31.2 Å². The molecule has 0 saturated heterocycles. The molecule has 0 saturated carbocycles. The van der Waals surface area contributed by atoms with E-state index in [0.717, 1.165) is 21.2 Å². The van der Waals surface area contributed by atoms with Crippen molar-refractivity contribution in [3.63, 3.8) is 0 Å². The molecule has 1 aromatic heterocycles. The molecule has 0 spiro atoms. The van der Waals surface area contributed by atoms with Crippen LogP contribution in [0, 0.1) is 0 Å². The normalized spacial score (nSPS) is 10.6. The summed E-state index contributed by atoms with van der Waals surface area (Å²) in [5.41, 5.74) is 3.45. The summed E-state index contributed by atoms with van der Waals surface area (Å²) < 4.78 is 7.86. The van der Waals surface area contributed by atoms with Crippen molar-refractivity contribution in [3.8, 4) is 11.1 Å². The van der Waals surface area contributed by atoms with Gasteiger partial charge < -0.3 is 9.30 Å². The highest BCUT2D eigenvalue weighted by molar-refractivity contribution is 9.10. The second kappa shape index (κ2) is 7.24. The molecule has 122 valence electrons. The Morgan fingerprint density at radius 2 is 1.92 bits per heavy atom. The van der Waals surface area contributed by atoms with E-state index >= 15 is 0 Å². The Hall–Kier alpha value is -2.04. The number of nitrogens with zero attached hydrogens (tertiary/aromatic N) is 1. The molecule has 0 aliphatic heterocycles. The van der Waals surface area contributed by atoms with E-state index in [1.54, 1.807) is 0 Å². The monoisotopic (exact) mass is 403 g/mol. The molecule has 0 bridgehead atoms. The molecule has 24 heavy (non-hydrogen) atoms. The van der Waals surface area contributed by atoms with Crippen molar-refractivity contribution >= 4 is 33.5 Å². The summed E-state index contributed by atoms with van der Waals surface area (Å²) in [5, 5.41) is 0.705. The van der Waals surface area contributed by atoms with Crippen LogP contribution < -0.4 is 0 Å². The summed E-state index contributed by atoms with van der Waals surface area (Å²) >= 11 is 9.40. The van der Waals surface area contributed by atoms with Crippen LogP contribution in [-0.2, 0) is 11.3 Å². The number of carbonyl (C=O) groups excluding carboxylic acids is 1. The fraction of sp³-hybridized carbons (Fsp3) is 0.105. The van der Waals surface area contributed by atoms with Gasteiger partial charge in [-0.1, -0.05) is 51.8 Å². The van der Waals surface area contributed by atoms with Crippen LogP contribution >= 0.6 is 27.5 Å². The van der Waals surface area contributed by atoms with Crippen LogP contribution in [0.25, 0.3) is 11.1 Å². The number of esters is 1. The number of ether oxygens (including phenoxy) is 1. The minimum absolute atomic E-state index is 0.347. The molecule has 1 heterocycles. The summed E-state index contributed by atoms with van der Waals surface area (Å²) in [5.74, 6) is -0.347. The number of methoxy groups -OCH3 is 1. The molecule has 0 amide bonds. The molecular formula is C19H15BrClNO2. The highest BCUT2D eigenvalue weighted by Gasteiger charge is 2.17. The third kappa shape index (κ3) is 3.71. The predicted molar refractivity (Wildman–Crippen MR) is 99.5 cm³/mol. The van der Waals surface area contributed by atoms with Crippen molar-refractivity contribution in [1.82, 2.24) is 4.57 Å².